The molecule has 0 N–H and O–H groups in total. The van der Waals surface area contributed by atoms with E-state index in [4.69, 9.17) is 0 Å². The number of rotatable bonds is 3. The van der Waals surface area contributed by atoms with Gasteiger partial charge in [-0.3, -0.25) is 4.79 Å². The number of Topliss-reactive ketones (excluding diaryl/α,β-unsaturated/α-hetero) is 1. The third-order valence-corrected chi connectivity index (χ3v) is 2.19. The highest BCUT2D eigenvalue weighted by Crippen LogP contribution is 2.10. The molecule has 4 heteroatoms. The Hall–Kier alpha value is -2.10. The molecule has 0 aliphatic rings. The molecular weight excluding hydrogens is 207 g/mol. The lowest BCUT2D eigenvalue weighted by Gasteiger charge is -2.01. The van der Waals surface area contributed by atoms with Crippen LogP contribution in [0.3, 0.4) is 0 Å². The van der Waals surface area contributed by atoms with Crippen LogP contribution in [0.25, 0.3) is 0 Å². The molecule has 2 aromatic rings. The first-order chi connectivity index (χ1) is 7.77. The molecule has 0 radical (unpaired) electrons. The molecule has 0 aliphatic carbocycles. The lowest BCUT2D eigenvalue weighted by atomic mass is 10.1. The molecule has 3 nitrogen and oxygen atoms in total. The van der Waals surface area contributed by atoms with Crippen LogP contribution in [0, 0.1) is 5.82 Å². The predicted molar refractivity (Wildman–Crippen MR) is 56.5 cm³/mol. The molecule has 0 aliphatic heterocycles. The second-order valence-corrected chi connectivity index (χ2v) is 3.32. The highest BCUT2D eigenvalue weighted by atomic mass is 19.1. The zero-order valence-corrected chi connectivity index (χ0v) is 8.43. The average molecular weight is 216 g/mol. The molecule has 16 heavy (non-hydrogen) atoms. The van der Waals surface area contributed by atoms with Crippen molar-refractivity contribution in [3.63, 3.8) is 0 Å². The highest BCUT2D eigenvalue weighted by molar-refractivity contribution is 5.96. The minimum Gasteiger partial charge on any atom is -0.294 e. The average Bonchev–Trinajstić information content (AvgIpc) is 2.33. The molecule has 1 aromatic heterocycles. The minimum atomic E-state index is -0.368. The van der Waals surface area contributed by atoms with Crippen LogP contribution in [-0.2, 0) is 6.42 Å². The lowest BCUT2D eigenvalue weighted by molar-refractivity contribution is 0.0991. The molecular formula is C12H9FN2O. The van der Waals surface area contributed by atoms with E-state index in [-0.39, 0.29) is 18.0 Å². The fourth-order valence-corrected chi connectivity index (χ4v) is 1.36. The third-order valence-electron chi connectivity index (χ3n) is 2.19. The topological polar surface area (TPSA) is 42.9 Å². The van der Waals surface area contributed by atoms with E-state index in [9.17, 15) is 9.18 Å². The summed E-state index contributed by atoms with van der Waals surface area (Å²) >= 11 is 0. The van der Waals surface area contributed by atoms with Gasteiger partial charge in [-0.25, -0.2) is 14.4 Å². The van der Waals surface area contributed by atoms with Crippen molar-refractivity contribution in [2.24, 2.45) is 0 Å². The Labute approximate surface area is 92.0 Å². The normalized spacial score (nSPS) is 10.1. The SMILES string of the molecule is O=C(Cc1ccccc1F)c1cncnc1. The Balaban J connectivity index is 2.18. The molecule has 1 heterocycles. The number of hydrogen-bond donors (Lipinski definition) is 0. The van der Waals surface area contributed by atoms with Gasteiger partial charge >= 0.3 is 0 Å². The van der Waals surface area contributed by atoms with Gasteiger partial charge in [-0.1, -0.05) is 18.2 Å². The Morgan fingerprint density at radius 2 is 1.88 bits per heavy atom. The van der Waals surface area contributed by atoms with Crippen molar-refractivity contribution in [3.8, 4) is 0 Å². The molecule has 80 valence electrons. The maximum Gasteiger partial charge on any atom is 0.170 e. The first kappa shape index (κ1) is 10.4. The summed E-state index contributed by atoms with van der Waals surface area (Å²) in [4.78, 5) is 19.2. The Bertz CT molecular complexity index is 499. The molecule has 0 fully saturated rings. The van der Waals surface area contributed by atoms with Crippen molar-refractivity contribution in [2.75, 3.05) is 0 Å². The molecule has 1 aromatic carbocycles. The van der Waals surface area contributed by atoms with Gasteiger partial charge in [0.1, 0.15) is 12.1 Å². The smallest absolute Gasteiger partial charge is 0.170 e. The number of nitrogens with zero attached hydrogens (tertiary/aromatic N) is 2. The number of benzene rings is 1. The van der Waals surface area contributed by atoms with Crippen LogP contribution in [0.15, 0.2) is 43.0 Å². The summed E-state index contributed by atoms with van der Waals surface area (Å²) < 4.78 is 13.3. The number of carbonyl (C=O) groups excluding carboxylic acids is 1. The monoisotopic (exact) mass is 216 g/mol. The summed E-state index contributed by atoms with van der Waals surface area (Å²) in [6.07, 6.45) is 4.23. The maximum atomic E-state index is 13.3. The van der Waals surface area contributed by atoms with Gasteiger partial charge in [-0.05, 0) is 11.6 Å². The summed E-state index contributed by atoms with van der Waals surface area (Å²) in [6, 6.07) is 6.23. The van der Waals surface area contributed by atoms with Gasteiger partial charge in [0.25, 0.3) is 0 Å². The Kier molecular flexibility index (Phi) is 3.00. The van der Waals surface area contributed by atoms with Gasteiger partial charge in [0, 0.05) is 18.8 Å². The first-order valence-electron chi connectivity index (χ1n) is 4.79. The standard InChI is InChI=1S/C12H9FN2O/c13-11-4-2-1-3-9(11)5-12(16)10-6-14-8-15-7-10/h1-4,6-8H,5H2. The second kappa shape index (κ2) is 4.61. The lowest BCUT2D eigenvalue weighted by Crippen LogP contribution is -2.05. The van der Waals surface area contributed by atoms with E-state index in [1.54, 1.807) is 18.2 Å². The molecule has 0 unspecified atom stereocenters. The van der Waals surface area contributed by atoms with Crippen LogP contribution < -0.4 is 0 Å². The van der Waals surface area contributed by atoms with Gasteiger partial charge in [-0.15, -0.1) is 0 Å². The maximum absolute atomic E-state index is 13.3. The highest BCUT2D eigenvalue weighted by Gasteiger charge is 2.10. The molecule has 0 bridgehead atoms. The Morgan fingerprint density at radius 1 is 1.19 bits per heavy atom. The molecule has 0 saturated heterocycles. The first-order valence-corrected chi connectivity index (χ1v) is 4.79. The van der Waals surface area contributed by atoms with Crippen molar-refractivity contribution in [1.82, 2.24) is 9.97 Å². The summed E-state index contributed by atoms with van der Waals surface area (Å²) in [7, 11) is 0. The van der Waals surface area contributed by atoms with Crippen LogP contribution in [0.5, 0.6) is 0 Å². The zero-order valence-electron chi connectivity index (χ0n) is 8.43. The Morgan fingerprint density at radius 3 is 2.56 bits per heavy atom. The van der Waals surface area contributed by atoms with E-state index < -0.39 is 0 Å². The quantitative estimate of drug-likeness (QED) is 0.737. The number of halogens is 1. The minimum absolute atomic E-state index is 0.0278. The van der Waals surface area contributed by atoms with Gasteiger partial charge in [0.2, 0.25) is 0 Å². The predicted octanol–water partition coefficient (Wildman–Crippen LogP) is 2.04. The van der Waals surface area contributed by atoms with Crippen molar-refractivity contribution in [1.29, 1.82) is 0 Å². The summed E-state index contributed by atoms with van der Waals surface area (Å²) in [5.74, 6) is -0.557. The second-order valence-electron chi connectivity index (χ2n) is 3.32. The van der Waals surface area contributed by atoms with Gasteiger partial charge < -0.3 is 0 Å². The molecule has 0 amide bonds. The number of ketones is 1. The third kappa shape index (κ3) is 2.28. The van der Waals surface area contributed by atoms with Gasteiger partial charge in [-0.2, -0.15) is 0 Å². The van der Waals surface area contributed by atoms with E-state index in [0.29, 0.717) is 11.1 Å². The van der Waals surface area contributed by atoms with E-state index in [0.717, 1.165) is 0 Å². The largest absolute Gasteiger partial charge is 0.294 e. The van der Waals surface area contributed by atoms with Gasteiger partial charge in [0.05, 0.1) is 5.56 Å². The number of aromatic nitrogens is 2. The van der Waals surface area contributed by atoms with Crippen LogP contribution in [0.4, 0.5) is 4.39 Å². The van der Waals surface area contributed by atoms with E-state index in [2.05, 4.69) is 9.97 Å². The van der Waals surface area contributed by atoms with Gasteiger partial charge in [0.15, 0.2) is 5.78 Å². The van der Waals surface area contributed by atoms with Crippen LogP contribution in [0.2, 0.25) is 0 Å². The van der Waals surface area contributed by atoms with Crippen molar-refractivity contribution < 1.29 is 9.18 Å². The molecule has 0 spiro atoms. The summed E-state index contributed by atoms with van der Waals surface area (Å²) in [6.45, 7) is 0. The summed E-state index contributed by atoms with van der Waals surface area (Å²) in [5, 5.41) is 0. The molecule has 0 atom stereocenters. The van der Waals surface area contributed by atoms with Crippen molar-refractivity contribution in [3.05, 3.63) is 59.9 Å². The van der Waals surface area contributed by atoms with Crippen LogP contribution in [0.1, 0.15) is 15.9 Å². The number of hydrogen-bond acceptors (Lipinski definition) is 3. The fourth-order valence-electron chi connectivity index (χ4n) is 1.36. The van der Waals surface area contributed by atoms with Crippen LogP contribution >= 0.6 is 0 Å². The van der Waals surface area contributed by atoms with Crippen molar-refractivity contribution in [2.45, 2.75) is 6.42 Å². The summed E-state index contributed by atoms with van der Waals surface area (Å²) in [5.41, 5.74) is 0.780. The molecule has 0 saturated carbocycles. The molecule has 2 rings (SSSR count). The van der Waals surface area contributed by atoms with Crippen LogP contribution in [-0.4, -0.2) is 15.8 Å². The fraction of sp³-hybridized carbons (Fsp3) is 0.0833. The zero-order chi connectivity index (χ0) is 11.4. The van der Waals surface area contributed by atoms with E-state index in [1.807, 2.05) is 0 Å². The van der Waals surface area contributed by atoms with E-state index >= 15 is 0 Å². The number of carbonyl (C=O) groups is 1. The van der Waals surface area contributed by atoms with E-state index in [1.165, 1.54) is 24.8 Å². The van der Waals surface area contributed by atoms with Crippen molar-refractivity contribution >= 4 is 5.78 Å².